The van der Waals surface area contributed by atoms with Gasteiger partial charge in [-0.05, 0) is 43.9 Å². The maximum atomic E-state index is 12.6. The van der Waals surface area contributed by atoms with Gasteiger partial charge >= 0.3 is 0 Å². The molecule has 0 bridgehead atoms. The molecule has 0 spiro atoms. The molecule has 1 amide bonds. The van der Waals surface area contributed by atoms with Gasteiger partial charge in [0, 0.05) is 0 Å². The van der Waals surface area contributed by atoms with E-state index in [1.54, 1.807) is 26.0 Å². The fourth-order valence-corrected chi connectivity index (χ4v) is 4.29. The lowest BCUT2D eigenvalue weighted by Crippen LogP contribution is -2.44. The van der Waals surface area contributed by atoms with Crippen molar-refractivity contribution in [3.8, 4) is 0 Å². The molecule has 128 valence electrons. The normalized spacial score (nSPS) is 12.7. The summed E-state index contributed by atoms with van der Waals surface area (Å²) in [6, 6.07) is 11.8. The molecule has 3 N–H and O–H groups in total. The minimum Gasteiger partial charge on any atom is -0.320 e. The van der Waals surface area contributed by atoms with E-state index in [1.807, 2.05) is 37.3 Å². The van der Waals surface area contributed by atoms with E-state index in [2.05, 4.69) is 4.72 Å². The number of hydrogen-bond donors (Lipinski definition) is 2. The number of aryl methyl sites for hydroxylation is 3. The first-order chi connectivity index (χ1) is 11.2. The number of nitrogens with one attached hydrogen (secondary N) is 1. The number of carbonyl (C=O) groups excluding carboxylic acids is 1. The molecule has 6 heteroatoms. The maximum absolute atomic E-state index is 12.6. The lowest BCUT2D eigenvalue weighted by atomic mass is 10.1. The summed E-state index contributed by atoms with van der Waals surface area (Å²) in [4.78, 5) is 12.3. The van der Waals surface area contributed by atoms with Gasteiger partial charge in [0.05, 0.1) is 10.9 Å². The van der Waals surface area contributed by atoms with Crippen LogP contribution in [0.1, 0.15) is 22.3 Å². The number of nitrogens with two attached hydrogens (primary N) is 1. The highest BCUT2D eigenvalue weighted by atomic mass is 32.2. The summed E-state index contributed by atoms with van der Waals surface area (Å²) in [5.74, 6) is -0.710. The zero-order valence-electron chi connectivity index (χ0n) is 14.0. The Hall–Kier alpha value is -2.18. The average Bonchev–Trinajstić information content (AvgIpc) is 2.46. The zero-order valence-corrected chi connectivity index (χ0v) is 14.9. The highest BCUT2D eigenvalue weighted by Crippen LogP contribution is 2.21. The van der Waals surface area contributed by atoms with Crippen molar-refractivity contribution in [2.24, 2.45) is 5.73 Å². The topological polar surface area (TPSA) is 89.3 Å². The molecule has 0 aliphatic carbocycles. The van der Waals surface area contributed by atoms with E-state index in [0.717, 1.165) is 11.1 Å². The summed E-state index contributed by atoms with van der Waals surface area (Å²) in [5, 5.41) is 0. The minimum atomic E-state index is -3.95. The summed E-state index contributed by atoms with van der Waals surface area (Å²) in [5.41, 5.74) is 8.90. The maximum Gasteiger partial charge on any atom is 0.264 e. The number of rotatable bonds is 5. The van der Waals surface area contributed by atoms with Crippen molar-refractivity contribution in [3.63, 3.8) is 0 Å². The van der Waals surface area contributed by atoms with Crippen LogP contribution in [0.25, 0.3) is 0 Å². The molecule has 0 fully saturated rings. The van der Waals surface area contributed by atoms with Crippen LogP contribution >= 0.6 is 0 Å². The van der Waals surface area contributed by atoms with Crippen LogP contribution in [0.5, 0.6) is 0 Å². The van der Waals surface area contributed by atoms with Crippen LogP contribution in [0.3, 0.4) is 0 Å². The molecule has 0 aliphatic heterocycles. The third kappa shape index (κ3) is 4.21. The molecule has 0 heterocycles. The van der Waals surface area contributed by atoms with Crippen LogP contribution in [0.2, 0.25) is 0 Å². The van der Waals surface area contributed by atoms with Crippen LogP contribution in [0.15, 0.2) is 47.4 Å². The first-order valence-corrected chi connectivity index (χ1v) is 9.13. The Bertz CT molecular complexity index is 823. The zero-order chi connectivity index (χ0) is 17.9. The third-order valence-electron chi connectivity index (χ3n) is 3.74. The molecule has 0 radical (unpaired) electrons. The van der Waals surface area contributed by atoms with Crippen LogP contribution in [0, 0.1) is 20.8 Å². The lowest BCUT2D eigenvalue weighted by molar-refractivity contribution is -0.120. The van der Waals surface area contributed by atoms with Gasteiger partial charge in [0.1, 0.15) is 0 Å². The van der Waals surface area contributed by atoms with Crippen molar-refractivity contribution in [3.05, 3.63) is 64.7 Å². The molecule has 0 aromatic heterocycles. The predicted molar refractivity (Wildman–Crippen MR) is 94.1 cm³/mol. The molecular weight excluding hydrogens is 324 g/mol. The fraction of sp³-hybridized carbons (Fsp3) is 0.278. The molecule has 0 unspecified atom stereocenters. The molecule has 0 saturated carbocycles. The van der Waals surface area contributed by atoms with Crippen LogP contribution in [-0.4, -0.2) is 20.4 Å². The molecular formula is C18H22N2O3S. The van der Waals surface area contributed by atoms with E-state index in [9.17, 15) is 13.2 Å². The number of sulfonamides is 1. The van der Waals surface area contributed by atoms with Gasteiger partial charge in [-0.2, -0.15) is 0 Å². The SMILES string of the molecule is Cc1cc(C)c(S(=O)(=O)NC(=O)[C@@H](N)Cc2ccccc2)c(C)c1. The van der Waals surface area contributed by atoms with E-state index >= 15 is 0 Å². The largest absolute Gasteiger partial charge is 0.320 e. The van der Waals surface area contributed by atoms with Gasteiger partial charge in [0.25, 0.3) is 15.9 Å². The highest BCUT2D eigenvalue weighted by molar-refractivity contribution is 7.90. The second-order valence-corrected chi connectivity index (χ2v) is 7.61. The van der Waals surface area contributed by atoms with E-state index in [-0.39, 0.29) is 11.3 Å². The van der Waals surface area contributed by atoms with Crippen molar-refractivity contribution >= 4 is 15.9 Å². The Morgan fingerprint density at radius 1 is 1.08 bits per heavy atom. The molecule has 0 saturated heterocycles. The molecule has 24 heavy (non-hydrogen) atoms. The minimum absolute atomic E-state index is 0.133. The van der Waals surface area contributed by atoms with Crippen LogP contribution < -0.4 is 10.5 Å². The second-order valence-electron chi connectivity index (χ2n) is 5.99. The first kappa shape index (κ1) is 18.2. The van der Waals surface area contributed by atoms with Gasteiger partial charge in [-0.25, -0.2) is 13.1 Å². The molecule has 2 rings (SSSR count). The van der Waals surface area contributed by atoms with Gasteiger partial charge in [-0.15, -0.1) is 0 Å². The van der Waals surface area contributed by atoms with Crippen molar-refractivity contribution in [2.45, 2.75) is 38.1 Å². The van der Waals surface area contributed by atoms with Gasteiger partial charge in [-0.3, -0.25) is 4.79 Å². The Morgan fingerprint density at radius 2 is 1.62 bits per heavy atom. The molecule has 2 aromatic rings. The van der Waals surface area contributed by atoms with Crippen LogP contribution in [-0.2, 0) is 21.2 Å². The summed E-state index contributed by atoms with van der Waals surface area (Å²) in [7, 11) is -3.95. The van der Waals surface area contributed by atoms with E-state index in [1.165, 1.54) is 0 Å². The number of hydrogen-bond acceptors (Lipinski definition) is 4. The van der Waals surface area contributed by atoms with Gasteiger partial charge in [0.15, 0.2) is 0 Å². The van der Waals surface area contributed by atoms with E-state index in [4.69, 9.17) is 5.73 Å². The van der Waals surface area contributed by atoms with Crippen molar-refractivity contribution in [2.75, 3.05) is 0 Å². The number of amides is 1. The quantitative estimate of drug-likeness (QED) is 0.866. The standard InChI is InChI=1S/C18H22N2O3S/c1-12-9-13(2)17(14(3)10-12)24(22,23)20-18(21)16(19)11-15-7-5-4-6-8-15/h4-10,16H,11,19H2,1-3H3,(H,20,21)/t16-/m0/s1. The van der Waals surface area contributed by atoms with Crippen molar-refractivity contribution < 1.29 is 13.2 Å². The van der Waals surface area contributed by atoms with Gasteiger partial charge in [0.2, 0.25) is 0 Å². The number of carbonyl (C=O) groups is 1. The third-order valence-corrected chi connectivity index (χ3v) is 5.39. The highest BCUT2D eigenvalue weighted by Gasteiger charge is 2.25. The summed E-state index contributed by atoms with van der Waals surface area (Å²) in [6.45, 7) is 5.32. The predicted octanol–water partition coefficient (Wildman–Crippen LogP) is 1.99. The Labute approximate surface area is 142 Å². The molecule has 5 nitrogen and oxygen atoms in total. The monoisotopic (exact) mass is 346 g/mol. The van der Waals surface area contributed by atoms with Gasteiger partial charge < -0.3 is 5.73 Å². The second kappa shape index (κ2) is 7.15. The summed E-state index contributed by atoms with van der Waals surface area (Å²) >= 11 is 0. The Kier molecular flexibility index (Phi) is 5.41. The van der Waals surface area contributed by atoms with Crippen molar-refractivity contribution in [1.29, 1.82) is 0 Å². The fourth-order valence-electron chi connectivity index (χ4n) is 2.81. The molecule has 0 aliphatic rings. The van der Waals surface area contributed by atoms with Crippen LogP contribution in [0.4, 0.5) is 0 Å². The van der Waals surface area contributed by atoms with E-state index in [0.29, 0.717) is 11.1 Å². The average molecular weight is 346 g/mol. The van der Waals surface area contributed by atoms with E-state index < -0.39 is 22.0 Å². The van der Waals surface area contributed by atoms with Gasteiger partial charge in [-0.1, -0.05) is 48.0 Å². The molecule has 1 atom stereocenters. The first-order valence-electron chi connectivity index (χ1n) is 7.64. The van der Waals surface area contributed by atoms with Crippen molar-refractivity contribution in [1.82, 2.24) is 4.72 Å². The Balaban J connectivity index is 2.18. The number of benzene rings is 2. The lowest BCUT2D eigenvalue weighted by Gasteiger charge is -2.16. The Morgan fingerprint density at radius 3 is 2.17 bits per heavy atom. The molecule has 2 aromatic carbocycles. The smallest absolute Gasteiger partial charge is 0.264 e. The summed E-state index contributed by atoms with van der Waals surface area (Å²) < 4.78 is 27.2. The summed E-state index contributed by atoms with van der Waals surface area (Å²) in [6.07, 6.45) is 0.272.